The second-order valence-electron chi connectivity index (χ2n) is 6.17. The Hall–Kier alpha value is -1.23. The van der Waals surface area contributed by atoms with Crippen molar-refractivity contribution in [3.63, 3.8) is 0 Å². The first-order valence-corrected chi connectivity index (χ1v) is 6.68. The summed E-state index contributed by atoms with van der Waals surface area (Å²) in [5, 5.41) is 8.81. The van der Waals surface area contributed by atoms with Gasteiger partial charge in [-0.25, -0.2) is 9.69 Å². The number of nitrogens with zero attached hydrogens (tertiary/aromatic N) is 1. The van der Waals surface area contributed by atoms with E-state index in [1.54, 1.807) is 11.2 Å². The quantitative estimate of drug-likeness (QED) is 0.798. The minimum Gasteiger partial charge on any atom is -0.474 e. The predicted molar refractivity (Wildman–Crippen MR) is 72.3 cm³/mol. The molecule has 0 fully saturated rings. The highest BCUT2D eigenvalue weighted by molar-refractivity contribution is 5.71. The monoisotopic (exact) mass is 271 g/mol. The van der Waals surface area contributed by atoms with Gasteiger partial charge in [-0.05, 0) is 53.9 Å². The van der Waals surface area contributed by atoms with Gasteiger partial charge in [0.2, 0.25) is 0 Å². The van der Waals surface area contributed by atoms with E-state index in [4.69, 9.17) is 14.6 Å². The van der Waals surface area contributed by atoms with Gasteiger partial charge in [0.05, 0.1) is 5.70 Å². The van der Waals surface area contributed by atoms with Crippen molar-refractivity contribution in [1.82, 2.24) is 4.90 Å². The van der Waals surface area contributed by atoms with E-state index in [1.165, 1.54) is 0 Å². The van der Waals surface area contributed by atoms with Gasteiger partial charge in [-0.15, -0.1) is 0 Å². The maximum Gasteiger partial charge on any atom is 0.417 e. The summed E-state index contributed by atoms with van der Waals surface area (Å²) in [5.74, 6) is 0. The lowest BCUT2D eigenvalue weighted by Crippen LogP contribution is -2.46. The lowest BCUT2D eigenvalue weighted by Gasteiger charge is -2.33. The van der Waals surface area contributed by atoms with Crippen LogP contribution in [0.2, 0.25) is 0 Å². The van der Waals surface area contributed by atoms with Crippen molar-refractivity contribution < 1.29 is 19.4 Å². The van der Waals surface area contributed by atoms with Crippen LogP contribution in [-0.4, -0.2) is 34.0 Å². The van der Waals surface area contributed by atoms with Crippen molar-refractivity contribution in [3.05, 3.63) is 12.0 Å². The molecule has 1 N–H and O–H groups in total. The number of unbranched alkanes of at least 4 members (excludes halogenated alkanes) is 1. The van der Waals surface area contributed by atoms with Gasteiger partial charge in [-0.3, -0.25) is 0 Å². The van der Waals surface area contributed by atoms with E-state index in [-0.39, 0.29) is 6.61 Å². The van der Waals surface area contributed by atoms with Gasteiger partial charge in [0.1, 0.15) is 11.9 Å². The molecule has 0 saturated carbocycles. The van der Waals surface area contributed by atoms with E-state index >= 15 is 0 Å². The SMILES string of the molecule is CC(C)(C)OC(=O)N1C(CCCCO)=COC1(C)C. The van der Waals surface area contributed by atoms with Crippen LogP contribution in [0.3, 0.4) is 0 Å². The Morgan fingerprint density at radius 3 is 2.58 bits per heavy atom. The highest BCUT2D eigenvalue weighted by Gasteiger charge is 2.41. The molecule has 0 bridgehead atoms. The van der Waals surface area contributed by atoms with Crippen LogP contribution in [0.25, 0.3) is 0 Å². The lowest BCUT2D eigenvalue weighted by atomic mass is 10.1. The second kappa shape index (κ2) is 5.82. The summed E-state index contributed by atoms with van der Waals surface area (Å²) < 4.78 is 10.9. The third-order valence-corrected chi connectivity index (χ3v) is 2.73. The first-order valence-electron chi connectivity index (χ1n) is 6.68. The molecule has 0 spiro atoms. The average molecular weight is 271 g/mol. The third kappa shape index (κ3) is 4.42. The number of aliphatic hydroxyl groups excluding tert-OH is 1. The molecule has 0 aromatic carbocycles. The molecule has 0 aliphatic carbocycles. The number of amides is 1. The number of aliphatic hydroxyl groups is 1. The summed E-state index contributed by atoms with van der Waals surface area (Å²) in [5.41, 5.74) is -0.462. The van der Waals surface area contributed by atoms with Crippen LogP contribution in [0, 0.1) is 0 Å². The normalized spacial score (nSPS) is 18.0. The summed E-state index contributed by atoms with van der Waals surface area (Å²) in [7, 11) is 0. The molecule has 5 nitrogen and oxygen atoms in total. The molecular formula is C14H25NO4. The minimum atomic E-state index is -0.725. The van der Waals surface area contributed by atoms with E-state index in [0.29, 0.717) is 12.8 Å². The van der Waals surface area contributed by atoms with Gasteiger partial charge in [0.25, 0.3) is 0 Å². The smallest absolute Gasteiger partial charge is 0.417 e. The second-order valence-corrected chi connectivity index (χ2v) is 6.17. The molecule has 1 aliphatic heterocycles. The summed E-state index contributed by atoms with van der Waals surface area (Å²) in [6.45, 7) is 9.32. The highest BCUT2D eigenvalue weighted by atomic mass is 16.6. The van der Waals surface area contributed by atoms with E-state index in [9.17, 15) is 4.79 Å². The van der Waals surface area contributed by atoms with Crippen LogP contribution in [0.4, 0.5) is 4.79 Å². The summed E-state index contributed by atoms with van der Waals surface area (Å²) in [4.78, 5) is 13.8. The average Bonchev–Trinajstić information content (AvgIpc) is 2.52. The summed E-state index contributed by atoms with van der Waals surface area (Å²) in [6, 6.07) is 0. The third-order valence-electron chi connectivity index (χ3n) is 2.73. The molecule has 1 amide bonds. The molecular weight excluding hydrogens is 246 g/mol. The Labute approximate surface area is 115 Å². The van der Waals surface area contributed by atoms with E-state index in [1.807, 2.05) is 34.6 Å². The van der Waals surface area contributed by atoms with Crippen molar-refractivity contribution in [2.75, 3.05) is 6.61 Å². The number of hydrogen-bond acceptors (Lipinski definition) is 4. The number of carbonyl (C=O) groups is 1. The molecule has 0 radical (unpaired) electrons. The maximum atomic E-state index is 12.3. The number of carbonyl (C=O) groups excluding carboxylic acids is 1. The predicted octanol–water partition coefficient (Wildman–Crippen LogP) is 2.99. The molecule has 0 aromatic rings. The molecule has 1 aliphatic rings. The largest absolute Gasteiger partial charge is 0.474 e. The summed E-state index contributed by atoms with van der Waals surface area (Å²) in [6.07, 6.45) is 3.41. The maximum absolute atomic E-state index is 12.3. The number of ether oxygens (including phenoxy) is 2. The summed E-state index contributed by atoms with van der Waals surface area (Å²) >= 11 is 0. The Balaban J connectivity index is 2.74. The molecule has 0 atom stereocenters. The van der Waals surface area contributed by atoms with E-state index in [0.717, 1.165) is 12.1 Å². The van der Waals surface area contributed by atoms with Crippen molar-refractivity contribution in [1.29, 1.82) is 0 Å². The van der Waals surface area contributed by atoms with Gasteiger partial charge in [0, 0.05) is 6.61 Å². The Bertz CT molecular complexity index is 355. The van der Waals surface area contributed by atoms with Crippen LogP contribution in [0.1, 0.15) is 53.9 Å². The van der Waals surface area contributed by atoms with E-state index < -0.39 is 17.4 Å². The van der Waals surface area contributed by atoms with Crippen LogP contribution >= 0.6 is 0 Å². The molecule has 19 heavy (non-hydrogen) atoms. The van der Waals surface area contributed by atoms with Crippen molar-refractivity contribution in [2.45, 2.75) is 65.2 Å². The van der Waals surface area contributed by atoms with Crippen LogP contribution in [0.15, 0.2) is 12.0 Å². The molecule has 1 heterocycles. The van der Waals surface area contributed by atoms with Crippen LogP contribution in [-0.2, 0) is 9.47 Å². The van der Waals surface area contributed by atoms with Gasteiger partial charge in [0.15, 0.2) is 5.72 Å². The first-order chi connectivity index (χ1) is 8.67. The molecule has 5 heteroatoms. The number of rotatable bonds is 4. The van der Waals surface area contributed by atoms with Gasteiger partial charge in [-0.2, -0.15) is 0 Å². The fourth-order valence-electron chi connectivity index (χ4n) is 1.90. The molecule has 0 aromatic heterocycles. The topological polar surface area (TPSA) is 59.0 Å². The first kappa shape index (κ1) is 15.8. The van der Waals surface area contributed by atoms with Crippen LogP contribution < -0.4 is 0 Å². The van der Waals surface area contributed by atoms with Crippen LogP contribution in [0.5, 0.6) is 0 Å². The van der Waals surface area contributed by atoms with Gasteiger partial charge >= 0.3 is 6.09 Å². The van der Waals surface area contributed by atoms with Gasteiger partial charge in [-0.1, -0.05) is 0 Å². The fraction of sp³-hybridized carbons (Fsp3) is 0.786. The zero-order valence-corrected chi connectivity index (χ0v) is 12.5. The van der Waals surface area contributed by atoms with Crippen molar-refractivity contribution in [3.8, 4) is 0 Å². The van der Waals surface area contributed by atoms with E-state index in [2.05, 4.69) is 0 Å². The zero-order valence-electron chi connectivity index (χ0n) is 12.5. The Kier molecular flexibility index (Phi) is 4.85. The minimum absolute atomic E-state index is 0.157. The number of hydrogen-bond donors (Lipinski definition) is 1. The van der Waals surface area contributed by atoms with Gasteiger partial charge < -0.3 is 14.6 Å². The Morgan fingerprint density at radius 1 is 1.42 bits per heavy atom. The lowest BCUT2D eigenvalue weighted by molar-refractivity contribution is -0.0495. The standard InChI is InChI=1S/C14H25NO4/c1-13(2,3)19-12(17)15-11(8-6-7-9-16)10-18-14(15,4)5/h10,16H,6-9H2,1-5H3. The molecule has 110 valence electrons. The number of allylic oxidation sites excluding steroid dienone is 1. The molecule has 0 unspecified atom stereocenters. The fourth-order valence-corrected chi connectivity index (χ4v) is 1.90. The molecule has 1 rings (SSSR count). The Morgan fingerprint density at radius 2 is 2.05 bits per heavy atom. The zero-order chi connectivity index (χ0) is 14.7. The van der Waals surface area contributed by atoms with Crippen molar-refractivity contribution in [2.24, 2.45) is 0 Å². The van der Waals surface area contributed by atoms with Crippen molar-refractivity contribution >= 4 is 6.09 Å². The highest BCUT2D eigenvalue weighted by Crippen LogP contribution is 2.33. The molecule has 0 saturated heterocycles.